The van der Waals surface area contributed by atoms with Gasteiger partial charge in [-0.3, -0.25) is 14.6 Å². The van der Waals surface area contributed by atoms with Crippen LogP contribution in [0.3, 0.4) is 0 Å². The summed E-state index contributed by atoms with van der Waals surface area (Å²) in [6.07, 6.45) is -0.280. The summed E-state index contributed by atoms with van der Waals surface area (Å²) < 4.78 is 0. The first kappa shape index (κ1) is 16.6. The van der Waals surface area contributed by atoms with Crippen LogP contribution in [0.1, 0.15) is 37.0 Å². The molecule has 1 aliphatic rings. The lowest BCUT2D eigenvalue weighted by Crippen LogP contribution is -2.33. The van der Waals surface area contributed by atoms with Crippen molar-refractivity contribution in [1.29, 1.82) is 0 Å². The predicted octanol–water partition coefficient (Wildman–Crippen LogP) is 2.35. The average Bonchev–Trinajstić information content (AvgIpc) is 2.80. The Morgan fingerprint density at radius 3 is 2.22 bits per heavy atom. The number of nitrogens with zero attached hydrogens (tertiary/aromatic N) is 1. The van der Waals surface area contributed by atoms with E-state index in [1.165, 1.54) is 6.92 Å². The Kier molecular flexibility index (Phi) is 4.45. The van der Waals surface area contributed by atoms with Gasteiger partial charge >= 0.3 is 11.9 Å². The van der Waals surface area contributed by atoms with E-state index in [1.807, 2.05) is 0 Å². The topological polar surface area (TPSA) is 104 Å². The molecule has 0 aliphatic carbocycles. The molecular formula is C17H17NO5. The minimum atomic E-state index is -1.40. The van der Waals surface area contributed by atoms with Gasteiger partial charge in [-0.05, 0) is 18.9 Å². The summed E-state index contributed by atoms with van der Waals surface area (Å²) in [5, 5.41) is 18.6. The van der Waals surface area contributed by atoms with Gasteiger partial charge in [0.15, 0.2) is 0 Å². The maximum absolute atomic E-state index is 12.6. The zero-order valence-corrected chi connectivity index (χ0v) is 12.9. The number of aliphatic imine (C=N–C) groups is 1. The molecule has 0 saturated heterocycles. The minimum absolute atomic E-state index is 0.0247. The summed E-state index contributed by atoms with van der Waals surface area (Å²) in [5.41, 5.74) is -0.868. The van der Waals surface area contributed by atoms with Gasteiger partial charge in [-0.25, -0.2) is 4.79 Å². The third-order valence-corrected chi connectivity index (χ3v) is 4.01. The van der Waals surface area contributed by atoms with Crippen LogP contribution in [0.5, 0.6) is 0 Å². The van der Waals surface area contributed by atoms with E-state index in [9.17, 15) is 19.5 Å². The van der Waals surface area contributed by atoms with E-state index in [1.54, 1.807) is 37.3 Å². The van der Waals surface area contributed by atoms with Gasteiger partial charge in [0, 0.05) is 5.56 Å². The van der Waals surface area contributed by atoms with Crippen molar-refractivity contribution in [2.24, 2.45) is 4.99 Å². The highest BCUT2D eigenvalue weighted by molar-refractivity contribution is 6.52. The molecule has 1 heterocycles. The van der Waals surface area contributed by atoms with E-state index in [0.29, 0.717) is 5.56 Å². The molecule has 0 amide bonds. The predicted molar refractivity (Wildman–Crippen MR) is 83.8 cm³/mol. The second kappa shape index (κ2) is 6.16. The first-order valence-corrected chi connectivity index (χ1v) is 7.19. The van der Waals surface area contributed by atoms with Crippen LogP contribution in [0.4, 0.5) is 0 Å². The Morgan fingerprint density at radius 1 is 1.13 bits per heavy atom. The van der Waals surface area contributed by atoms with Crippen LogP contribution in [0.15, 0.2) is 46.5 Å². The molecule has 0 saturated carbocycles. The van der Waals surface area contributed by atoms with Gasteiger partial charge in [0.05, 0.1) is 12.0 Å². The Hall–Kier alpha value is -2.76. The number of allylic oxidation sites excluding steroid dienone is 1. The number of hydrogen-bond donors (Lipinski definition) is 2. The molecule has 2 rings (SSSR count). The van der Waals surface area contributed by atoms with E-state index in [0.717, 1.165) is 0 Å². The second-order valence-corrected chi connectivity index (χ2v) is 5.42. The van der Waals surface area contributed by atoms with E-state index in [2.05, 4.69) is 4.99 Å². The third-order valence-electron chi connectivity index (χ3n) is 4.01. The fourth-order valence-electron chi connectivity index (χ4n) is 2.89. The van der Waals surface area contributed by atoms with Crippen molar-refractivity contribution in [3.63, 3.8) is 0 Å². The van der Waals surface area contributed by atoms with Gasteiger partial charge < -0.3 is 10.2 Å². The van der Waals surface area contributed by atoms with Gasteiger partial charge in [0.25, 0.3) is 0 Å². The highest BCUT2D eigenvalue weighted by Crippen LogP contribution is 2.38. The smallest absolute Gasteiger partial charge is 0.334 e. The molecule has 2 N–H and O–H groups in total. The fraction of sp³-hybridized carbons (Fsp3) is 0.294. The van der Waals surface area contributed by atoms with Crippen molar-refractivity contribution in [1.82, 2.24) is 0 Å². The van der Waals surface area contributed by atoms with E-state index < -0.39 is 29.7 Å². The number of carboxylic acid groups (broad SMARTS) is 2. The molecule has 1 unspecified atom stereocenters. The number of carbonyl (C=O) groups excluding carboxylic acids is 1. The van der Waals surface area contributed by atoms with Crippen molar-refractivity contribution < 1.29 is 24.6 Å². The maximum atomic E-state index is 12.6. The average molecular weight is 315 g/mol. The van der Waals surface area contributed by atoms with Crippen LogP contribution >= 0.6 is 0 Å². The molecule has 120 valence electrons. The molecule has 0 fully saturated rings. The van der Waals surface area contributed by atoms with Crippen molar-refractivity contribution in [2.75, 3.05) is 0 Å². The van der Waals surface area contributed by atoms with Crippen molar-refractivity contribution >= 4 is 23.4 Å². The van der Waals surface area contributed by atoms with Gasteiger partial charge in [0.1, 0.15) is 11.3 Å². The Bertz CT molecular complexity index is 733. The SMILES string of the molecule is CCC1(CC(=O)O)N=C(C(=O)c2ccccc2)C(C)=C1C(=O)O. The number of carbonyl (C=O) groups is 3. The monoisotopic (exact) mass is 315 g/mol. The number of benzene rings is 1. The van der Waals surface area contributed by atoms with Crippen LogP contribution in [0.2, 0.25) is 0 Å². The Balaban J connectivity index is 2.58. The molecule has 1 atom stereocenters. The van der Waals surface area contributed by atoms with Crippen LogP contribution in [-0.4, -0.2) is 39.2 Å². The quantitative estimate of drug-likeness (QED) is 0.784. The van der Waals surface area contributed by atoms with E-state index >= 15 is 0 Å². The minimum Gasteiger partial charge on any atom is -0.481 e. The van der Waals surface area contributed by atoms with Crippen LogP contribution < -0.4 is 0 Å². The summed E-state index contributed by atoms with van der Waals surface area (Å²) in [7, 11) is 0. The summed E-state index contributed by atoms with van der Waals surface area (Å²) in [6.45, 7) is 3.17. The van der Waals surface area contributed by atoms with Gasteiger partial charge in [-0.2, -0.15) is 0 Å². The summed E-state index contributed by atoms with van der Waals surface area (Å²) >= 11 is 0. The van der Waals surface area contributed by atoms with Crippen LogP contribution in [0.25, 0.3) is 0 Å². The number of hydrogen-bond acceptors (Lipinski definition) is 4. The molecule has 1 aromatic carbocycles. The second-order valence-electron chi connectivity index (χ2n) is 5.42. The molecule has 1 aromatic rings. The first-order chi connectivity index (χ1) is 10.8. The largest absolute Gasteiger partial charge is 0.481 e. The Morgan fingerprint density at radius 2 is 1.74 bits per heavy atom. The number of rotatable bonds is 6. The highest BCUT2D eigenvalue weighted by atomic mass is 16.4. The normalized spacial score (nSPS) is 20.3. The van der Waals surface area contributed by atoms with Crippen molar-refractivity contribution in [3.05, 3.63) is 47.0 Å². The molecule has 23 heavy (non-hydrogen) atoms. The standard InChI is InChI=1S/C17H17NO5/c1-3-17(9-12(19)20)13(16(22)23)10(2)14(18-17)15(21)11-7-5-4-6-8-11/h4-8H,3,9H2,1-2H3,(H,19,20)(H,22,23). The van der Waals surface area contributed by atoms with Gasteiger partial charge in [-0.15, -0.1) is 0 Å². The summed E-state index contributed by atoms with van der Waals surface area (Å²) in [6, 6.07) is 8.39. The number of aliphatic carboxylic acids is 2. The van der Waals surface area contributed by atoms with Gasteiger partial charge in [0.2, 0.25) is 5.78 Å². The van der Waals surface area contributed by atoms with Crippen LogP contribution in [-0.2, 0) is 9.59 Å². The molecule has 6 nitrogen and oxygen atoms in total. The van der Waals surface area contributed by atoms with Crippen LogP contribution in [0, 0.1) is 0 Å². The first-order valence-electron chi connectivity index (χ1n) is 7.19. The number of ketones is 1. The Labute approximate surface area is 133 Å². The lowest BCUT2D eigenvalue weighted by atomic mass is 9.83. The molecule has 0 bridgehead atoms. The van der Waals surface area contributed by atoms with Crippen molar-refractivity contribution in [2.45, 2.75) is 32.2 Å². The third kappa shape index (κ3) is 2.92. The number of carboxylic acids is 2. The summed E-state index contributed by atoms with van der Waals surface area (Å²) in [4.78, 5) is 39.7. The fourth-order valence-corrected chi connectivity index (χ4v) is 2.89. The molecule has 0 aromatic heterocycles. The lowest BCUT2D eigenvalue weighted by Gasteiger charge is -2.24. The van der Waals surface area contributed by atoms with E-state index in [-0.39, 0.29) is 23.3 Å². The molecule has 0 spiro atoms. The summed E-state index contributed by atoms with van der Waals surface area (Å²) in [5.74, 6) is -2.80. The molecule has 0 radical (unpaired) electrons. The zero-order chi connectivity index (χ0) is 17.2. The lowest BCUT2D eigenvalue weighted by molar-refractivity contribution is -0.138. The number of Topliss-reactive ketones (excluding diaryl/α,β-unsaturated/α-hetero) is 1. The van der Waals surface area contributed by atoms with Crippen molar-refractivity contribution in [3.8, 4) is 0 Å². The molecule has 1 aliphatic heterocycles. The molecular weight excluding hydrogens is 298 g/mol. The van der Waals surface area contributed by atoms with E-state index in [4.69, 9.17) is 5.11 Å². The zero-order valence-electron chi connectivity index (χ0n) is 12.9. The maximum Gasteiger partial charge on any atom is 0.334 e. The van der Waals surface area contributed by atoms with Gasteiger partial charge in [-0.1, -0.05) is 37.3 Å². The highest BCUT2D eigenvalue weighted by Gasteiger charge is 2.46. The molecule has 6 heteroatoms.